The molecule has 0 fully saturated rings. The van der Waals surface area contributed by atoms with E-state index in [0.29, 0.717) is 0 Å². The van der Waals surface area contributed by atoms with E-state index in [4.69, 9.17) is 191 Å². The van der Waals surface area contributed by atoms with E-state index in [1.165, 1.54) is 0 Å². The molecule has 78 heavy (non-hydrogen) atoms. The molecular formula is C38H15Cl13CuN8O12S6. The van der Waals surface area contributed by atoms with Crippen LogP contribution < -0.4 is 9.97 Å². The summed E-state index contributed by atoms with van der Waals surface area (Å²) in [5.74, 6) is -1.77. The molecule has 9 rings (SSSR count). The smallest absolute Gasteiger partial charge is 0.357 e. The Kier molecular flexibility index (Phi) is 19.7. The number of hydrogen-bond acceptors (Lipinski definition) is 18. The summed E-state index contributed by atoms with van der Waals surface area (Å²) >= 11 is 92.0. The topological polar surface area (TPSA) is 296 Å². The van der Waals surface area contributed by atoms with Gasteiger partial charge in [-0.15, -0.1) is 35.3 Å². The van der Waals surface area contributed by atoms with Crippen molar-refractivity contribution < 1.29 is 68.5 Å². The van der Waals surface area contributed by atoms with Crippen LogP contribution in [0.5, 0.6) is 0 Å². The first-order valence-corrected chi connectivity index (χ1v) is 31.9. The molecule has 5 heterocycles. The SMILES string of the molecule is O=S(=O)(O)OCCSc1c(Cl)c(Cl)c(Cl)c2c1-c1nc-2nc2[n-]c(nc3nc(nc4[n-]c(n1)c1c(Cl)c(Cl)c(Cl)c(Cl)c41)-c1c(Cl)c(Cl)c(Cl)c(SCCOS(=O)(=O)O)c1-3)c1c(Cl)c(Cl)c(Cl)c(SCCOS(=O)(=O)O)c21.[Cu+2]. The van der Waals surface area contributed by atoms with Gasteiger partial charge in [0.15, 0.2) is 0 Å². The number of thioether (sulfide) groups is 3. The van der Waals surface area contributed by atoms with Gasteiger partial charge in [-0.05, 0) is 0 Å². The maximum atomic E-state index is 11.5. The van der Waals surface area contributed by atoms with E-state index in [9.17, 15) is 38.9 Å². The second-order valence-electron chi connectivity index (χ2n) is 14.8. The summed E-state index contributed by atoms with van der Waals surface area (Å²) in [6, 6.07) is 0. The fraction of sp³-hybridized carbons (Fsp3) is 0.158. The number of benzene rings is 4. The molecular weight excluding hydrogens is 1480 g/mol. The number of aromatic nitrogens is 8. The normalized spacial score (nSPS) is 12.7. The Hall–Kier alpha value is -0.811. The van der Waals surface area contributed by atoms with Gasteiger partial charge < -0.3 is 29.9 Å². The van der Waals surface area contributed by atoms with Crippen molar-refractivity contribution >= 4 is 261 Å². The van der Waals surface area contributed by atoms with Crippen LogP contribution in [0.4, 0.5) is 0 Å². The van der Waals surface area contributed by atoms with Crippen LogP contribution in [0.1, 0.15) is 0 Å². The monoisotopic (exact) mass is 1480 g/mol. The Balaban J connectivity index is 0.00000803. The van der Waals surface area contributed by atoms with E-state index in [1.54, 1.807) is 0 Å². The van der Waals surface area contributed by atoms with Crippen molar-refractivity contribution in [3.05, 3.63) is 65.3 Å². The molecule has 0 atom stereocenters. The number of rotatable bonds is 15. The van der Waals surface area contributed by atoms with E-state index in [1.807, 2.05) is 0 Å². The minimum atomic E-state index is -4.91. The maximum absolute atomic E-state index is 11.5. The fourth-order valence-corrected chi connectivity index (χ4v) is 15.2. The Labute approximate surface area is 526 Å². The number of halogens is 13. The molecule has 2 aliphatic rings. The zero-order valence-corrected chi connectivity index (χ0v) is 52.2. The van der Waals surface area contributed by atoms with Crippen molar-refractivity contribution in [2.75, 3.05) is 37.1 Å². The van der Waals surface area contributed by atoms with Crippen LogP contribution in [0.15, 0.2) is 14.7 Å². The van der Waals surface area contributed by atoms with Crippen LogP contribution in [-0.4, -0.2) is 106 Å². The third-order valence-corrected chi connectivity index (χ3v) is 21.0. The predicted octanol–water partition coefficient (Wildman–Crippen LogP) is 14.4. The van der Waals surface area contributed by atoms with Crippen LogP contribution in [0, 0.1) is 0 Å². The Morgan fingerprint density at radius 3 is 0.936 bits per heavy atom. The molecule has 0 aliphatic carbocycles. The first-order valence-electron chi connectivity index (χ1n) is 19.9. The van der Waals surface area contributed by atoms with Crippen molar-refractivity contribution in [3.8, 4) is 45.6 Å². The molecule has 0 amide bonds. The van der Waals surface area contributed by atoms with Crippen LogP contribution in [0.2, 0.25) is 65.3 Å². The molecule has 0 saturated carbocycles. The van der Waals surface area contributed by atoms with Gasteiger partial charge >= 0.3 is 48.3 Å². The predicted molar refractivity (Wildman–Crippen MR) is 304 cm³/mol. The van der Waals surface area contributed by atoms with Gasteiger partial charge in [0, 0.05) is 98.3 Å². The molecule has 2 aliphatic heterocycles. The second-order valence-corrected chi connectivity index (χ2v) is 26.3. The molecule has 4 aromatic carbocycles. The molecule has 3 aromatic heterocycles. The third kappa shape index (κ3) is 12.3. The van der Waals surface area contributed by atoms with Gasteiger partial charge in [0.05, 0.1) is 108 Å². The van der Waals surface area contributed by atoms with Crippen molar-refractivity contribution in [1.82, 2.24) is 39.9 Å². The number of hydrogen-bond donors (Lipinski definition) is 3. The van der Waals surface area contributed by atoms with Crippen LogP contribution in [-0.2, 0) is 60.8 Å². The molecule has 1 radical (unpaired) electrons. The van der Waals surface area contributed by atoms with Crippen LogP contribution in [0.3, 0.4) is 0 Å². The molecule has 0 spiro atoms. The standard InChI is InChI=1S/C38H15Cl13N8O12S6.Cu/c39-15-7-8(16(40)21(45)20(15)44)32-52-31(7)53-33-9-12(28(25(49)22(46)17(9)41)72-4-1-69-75(60,61)62)37(55-33)57-35-11-14(30(27(51)24(48)19(11)43)74-6-3-71-77(66,67)68)38(59-35)58-34-10-13(36(54-32)56-34)29(26(50)23(47)18(10)42)73-5-2-70-76(63,64)65;/h1-6H2,(H3-2,52,53,54,55,56,57,58,59,60,61,62,63,64,65,66,67,68);/q-2;+2. The van der Waals surface area contributed by atoms with E-state index >= 15 is 0 Å². The quantitative estimate of drug-likeness (QED) is 0.0214. The Bertz CT molecular complexity index is 4250. The van der Waals surface area contributed by atoms with Gasteiger partial charge in [-0.2, -0.15) is 25.3 Å². The van der Waals surface area contributed by atoms with Crippen LogP contribution in [0.25, 0.3) is 89.7 Å². The van der Waals surface area contributed by atoms with Gasteiger partial charge in [0.2, 0.25) is 0 Å². The minimum absolute atomic E-state index is 0. The Morgan fingerprint density at radius 2 is 0.603 bits per heavy atom. The van der Waals surface area contributed by atoms with E-state index in [-0.39, 0.29) is 204 Å². The van der Waals surface area contributed by atoms with E-state index < -0.39 is 51.0 Å². The van der Waals surface area contributed by atoms with Crippen molar-refractivity contribution in [2.24, 2.45) is 0 Å². The maximum Gasteiger partial charge on any atom is 2.00 e. The zero-order chi connectivity index (χ0) is 56.1. The van der Waals surface area contributed by atoms with E-state index in [0.717, 1.165) is 35.3 Å². The summed E-state index contributed by atoms with van der Waals surface area (Å²) < 4.78 is 111. The summed E-state index contributed by atoms with van der Waals surface area (Å²) in [5, 5.41) is -3.18. The van der Waals surface area contributed by atoms with Crippen molar-refractivity contribution in [3.63, 3.8) is 0 Å². The fourth-order valence-electron chi connectivity index (χ4n) is 7.39. The first kappa shape index (κ1) is 63.2. The molecule has 417 valence electrons. The summed E-state index contributed by atoms with van der Waals surface area (Å²) in [6.07, 6.45) is 0. The first-order chi connectivity index (χ1) is 36.0. The van der Waals surface area contributed by atoms with Gasteiger partial charge in [0.25, 0.3) is 0 Å². The van der Waals surface area contributed by atoms with Gasteiger partial charge in [-0.25, -0.2) is 22.5 Å². The summed E-state index contributed by atoms with van der Waals surface area (Å²) in [6.45, 7) is -1.77. The average Bonchev–Trinajstić information content (AvgIpc) is 4.31. The van der Waals surface area contributed by atoms with Crippen molar-refractivity contribution in [1.29, 1.82) is 0 Å². The third-order valence-electron chi connectivity index (χ3n) is 10.3. The Morgan fingerprint density at radius 1 is 0.346 bits per heavy atom. The largest absolute Gasteiger partial charge is 2.00 e. The molecule has 3 N–H and O–H groups in total. The second kappa shape index (κ2) is 24.3. The number of fused-ring (bicyclic) bond motifs is 20. The molecule has 20 nitrogen and oxygen atoms in total. The average molecular weight is 1490 g/mol. The molecule has 7 aromatic rings. The molecule has 0 saturated heterocycles. The van der Waals surface area contributed by atoms with Gasteiger partial charge in [0.1, 0.15) is 0 Å². The summed E-state index contributed by atoms with van der Waals surface area (Å²) in [5.41, 5.74) is -1.23. The van der Waals surface area contributed by atoms with Crippen LogP contribution >= 0.6 is 186 Å². The van der Waals surface area contributed by atoms with Gasteiger partial charge in [-0.3, -0.25) is 13.7 Å². The van der Waals surface area contributed by atoms with E-state index in [2.05, 4.69) is 12.5 Å². The zero-order valence-electron chi connectivity index (χ0n) is 36.5. The molecule has 8 bridgehead atoms. The summed E-state index contributed by atoms with van der Waals surface area (Å²) in [4.78, 5) is 38.6. The molecule has 40 heteroatoms. The van der Waals surface area contributed by atoms with Gasteiger partial charge in [-0.1, -0.05) is 151 Å². The minimum Gasteiger partial charge on any atom is -0.357 e. The molecule has 0 unspecified atom stereocenters. The van der Waals surface area contributed by atoms with Crippen molar-refractivity contribution in [2.45, 2.75) is 14.7 Å². The summed E-state index contributed by atoms with van der Waals surface area (Å²) in [7, 11) is -14.7. The number of nitrogens with zero attached hydrogens (tertiary/aromatic N) is 8.